The molecule has 0 aliphatic carbocycles. The number of aliphatic carboxylic acids is 1. The number of hydrogen-bond donors (Lipinski definition) is 2. The van der Waals surface area contributed by atoms with Gasteiger partial charge in [0, 0.05) is 26.1 Å². The Morgan fingerprint density at radius 3 is 2.68 bits per heavy atom. The summed E-state index contributed by atoms with van der Waals surface area (Å²) < 4.78 is 9.95. The van der Waals surface area contributed by atoms with Crippen molar-refractivity contribution >= 4 is 17.8 Å². The summed E-state index contributed by atoms with van der Waals surface area (Å²) >= 11 is 0. The molecule has 1 saturated heterocycles. The van der Waals surface area contributed by atoms with Gasteiger partial charge in [0.25, 0.3) is 0 Å². The van der Waals surface area contributed by atoms with Crippen molar-refractivity contribution in [1.29, 1.82) is 0 Å². The summed E-state index contributed by atoms with van der Waals surface area (Å²) in [6.07, 6.45) is 0.179. The Morgan fingerprint density at radius 2 is 2.04 bits per heavy atom. The van der Waals surface area contributed by atoms with Gasteiger partial charge < -0.3 is 24.8 Å². The van der Waals surface area contributed by atoms with Crippen molar-refractivity contribution in [1.82, 2.24) is 10.2 Å². The number of methoxy groups -OCH3 is 1. The lowest BCUT2D eigenvalue weighted by atomic mass is 10.1. The molecule has 2 amide bonds. The molecule has 2 N–H and O–H groups in total. The number of likely N-dealkylation sites (tertiary alicyclic amines) is 1. The number of benzene rings is 1. The van der Waals surface area contributed by atoms with Crippen molar-refractivity contribution in [3.63, 3.8) is 0 Å². The first-order chi connectivity index (χ1) is 12.0. The van der Waals surface area contributed by atoms with E-state index in [0.29, 0.717) is 13.1 Å². The average molecular weight is 350 g/mol. The van der Waals surface area contributed by atoms with Gasteiger partial charge in [-0.05, 0) is 17.7 Å². The Kier molecular flexibility index (Phi) is 6.76. The zero-order valence-electron chi connectivity index (χ0n) is 14.1. The number of carboxylic acids is 1. The molecular weight excluding hydrogens is 328 g/mol. The summed E-state index contributed by atoms with van der Waals surface area (Å²) in [7, 11) is 1.59. The number of hydrogen-bond acceptors (Lipinski definition) is 5. The van der Waals surface area contributed by atoms with Crippen molar-refractivity contribution in [3.8, 4) is 5.75 Å². The molecular formula is C17H22N2O6. The first-order valence-electron chi connectivity index (χ1n) is 7.97. The van der Waals surface area contributed by atoms with Crippen LogP contribution in [0.15, 0.2) is 24.3 Å². The highest BCUT2D eigenvalue weighted by molar-refractivity contribution is 5.89. The fourth-order valence-corrected chi connectivity index (χ4v) is 2.60. The molecule has 0 spiro atoms. The third-order valence-electron chi connectivity index (χ3n) is 3.89. The van der Waals surface area contributed by atoms with Crippen molar-refractivity contribution < 1.29 is 29.0 Å². The minimum atomic E-state index is -1.05. The van der Waals surface area contributed by atoms with Crippen LogP contribution in [0.5, 0.6) is 5.75 Å². The highest BCUT2D eigenvalue weighted by Crippen LogP contribution is 2.21. The molecule has 1 aromatic carbocycles. The second kappa shape index (κ2) is 9.03. The fraction of sp³-hybridized carbons (Fsp3) is 0.471. The van der Waals surface area contributed by atoms with Gasteiger partial charge in [0.2, 0.25) is 11.8 Å². The van der Waals surface area contributed by atoms with Crippen LogP contribution in [0.2, 0.25) is 0 Å². The Bertz CT molecular complexity index is 616. The van der Waals surface area contributed by atoms with Crippen LogP contribution < -0.4 is 10.1 Å². The number of amides is 2. The number of ether oxygens (including phenoxy) is 2. The first-order valence-corrected chi connectivity index (χ1v) is 7.97. The van der Waals surface area contributed by atoms with E-state index in [1.54, 1.807) is 12.0 Å². The Hall–Kier alpha value is -2.61. The highest BCUT2D eigenvalue weighted by Gasteiger charge is 2.33. The zero-order chi connectivity index (χ0) is 18.2. The third-order valence-corrected chi connectivity index (χ3v) is 3.89. The largest absolute Gasteiger partial charge is 0.497 e. The lowest BCUT2D eigenvalue weighted by molar-refractivity contribution is -0.142. The topological polar surface area (TPSA) is 105 Å². The van der Waals surface area contributed by atoms with E-state index in [1.165, 1.54) is 0 Å². The van der Waals surface area contributed by atoms with Crippen molar-refractivity contribution in [2.24, 2.45) is 5.92 Å². The number of nitrogens with one attached hydrogen (secondary N) is 1. The van der Waals surface area contributed by atoms with Crippen LogP contribution in [0.25, 0.3) is 0 Å². The molecule has 0 bridgehead atoms. The van der Waals surface area contributed by atoms with Gasteiger partial charge in [-0.2, -0.15) is 0 Å². The summed E-state index contributed by atoms with van der Waals surface area (Å²) in [6.45, 7) is 0.762. The molecule has 1 aromatic rings. The van der Waals surface area contributed by atoms with Crippen LogP contribution in [0, 0.1) is 5.92 Å². The molecule has 136 valence electrons. The summed E-state index contributed by atoms with van der Waals surface area (Å²) in [5.41, 5.74) is 0.970. The fourth-order valence-electron chi connectivity index (χ4n) is 2.60. The van der Waals surface area contributed by atoms with Gasteiger partial charge in [-0.3, -0.25) is 9.59 Å². The average Bonchev–Trinajstić information content (AvgIpc) is 2.95. The monoisotopic (exact) mass is 350 g/mol. The van der Waals surface area contributed by atoms with E-state index in [9.17, 15) is 14.4 Å². The molecule has 1 aliphatic heterocycles. The number of carbonyl (C=O) groups excluding carboxylic acids is 2. The van der Waals surface area contributed by atoms with Crippen LogP contribution in [-0.2, 0) is 25.7 Å². The van der Waals surface area contributed by atoms with E-state index in [-0.39, 0.29) is 31.4 Å². The quantitative estimate of drug-likeness (QED) is 0.619. The second-order valence-electron chi connectivity index (χ2n) is 5.76. The molecule has 1 unspecified atom stereocenters. The van der Waals surface area contributed by atoms with E-state index in [4.69, 9.17) is 14.6 Å². The smallest absolute Gasteiger partial charge is 0.329 e. The van der Waals surface area contributed by atoms with Gasteiger partial charge >= 0.3 is 5.97 Å². The third kappa shape index (κ3) is 5.75. The maximum Gasteiger partial charge on any atom is 0.329 e. The van der Waals surface area contributed by atoms with Gasteiger partial charge in [-0.15, -0.1) is 0 Å². The molecule has 8 heteroatoms. The molecule has 25 heavy (non-hydrogen) atoms. The zero-order valence-corrected chi connectivity index (χ0v) is 14.1. The Morgan fingerprint density at radius 1 is 1.32 bits per heavy atom. The standard InChI is InChI=1S/C17H22N2O6/c1-24-14-4-2-12(3-5-14)9-19-10-13(8-15(19)20)17(23)18-6-7-25-11-16(21)22/h2-5,13H,6-11H2,1H3,(H,18,23)(H,21,22). The van der Waals surface area contributed by atoms with E-state index in [0.717, 1.165) is 11.3 Å². The van der Waals surface area contributed by atoms with Crippen molar-refractivity contribution in [3.05, 3.63) is 29.8 Å². The van der Waals surface area contributed by atoms with Crippen LogP contribution in [0.4, 0.5) is 0 Å². The number of carbonyl (C=O) groups is 3. The molecule has 8 nitrogen and oxygen atoms in total. The number of nitrogens with zero attached hydrogens (tertiary/aromatic N) is 1. The molecule has 0 radical (unpaired) electrons. The Balaban J connectivity index is 1.76. The summed E-state index contributed by atoms with van der Waals surface area (Å²) in [6, 6.07) is 7.44. The lowest BCUT2D eigenvalue weighted by Gasteiger charge is -2.17. The molecule has 0 saturated carbocycles. The second-order valence-corrected chi connectivity index (χ2v) is 5.76. The van der Waals surface area contributed by atoms with Gasteiger partial charge in [0.15, 0.2) is 0 Å². The molecule has 2 rings (SSSR count). The molecule has 1 aliphatic rings. The molecule has 1 atom stereocenters. The predicted octanol–water partition coefficient (Wildman–Crippen LogP) is 0.261. The maximum atomic E-state index is 12.1. The predicted molar refractivity (Wildman–Crippen MR) is 88.0 cm³/mol. The normalized spacial score (nSPS) is 16.8. The first kappa shape index (κ1) is 18.7. The van der Waals surface area contributed by atoms with Crippen LogP contribution in [0.1, 0.15) is 12.0 Å². The maximum absolute atomic E-state index is 12.1. The summed E-state index contributed by atoms with van der Waals surface area (Å²) in [5.74, 6) is -0.978. The molecule has 1 fully saturated rings. The van der Waals surface area contributed by atoms with Crippen molar-refractivity contribution in [2.75, 3.05) is 33.4 Å². The van der Waals surface area contributed by atoms with E-state index in [2.05, 4.69) is 5.32 Å². The van der Waals surface area contributed by atoms with E-state index < -0.39 is 18.5 Å². The number of carboxylic acid groups (broad SMARTS) is 1. The minimum Gasteiger partial charge on any atom is -0.497 e. The highest BCUT2D eigenvalue weighted by atomic mass is 16.5. The van der Waals surface area contributed by atoms with Crippen LogP contribution in [-0.4, -0.2) is 61.2 Å². The van der Waals surface area contributed by atoms with Gasteiger partial charge in [0.1, 0.15) is 12.4 Å². The minimum absolute atomic E-state index is 0.0573. The molecule has 0 aromatic heterocycles. The lowest BCUT2D eigenvalue weighted by Crippen LogP contribution is -2.35. The number of rotatable bonds is 9. The van der Waals surface area contributed by atoms with Gasteiger partial charge in [0.05, 0.1) is 19.6 Å². The van der Waals surface area contributed by atoms with Crippen LogP contribution in [0.3, 0.4) is 0 Å². The van der Waals surface area contributed by atoms with Gasteiger partial charge in [-0.25, -0.2) is 4.79 Å². The van der Waals surface area contributed by atoms with Gasteiger partial charge in [-0.1, -0.05) is 12.1 Å². The summed E-state index contributed by atoms with van der Waals surface area (Å²) in [5, 5.41) is 11.1. The van der Waals surface area contributed by atoms with E-state index >= 15 is 0 Å². The molecule has 1 heterocycles. The van der Waals surface area contributed by atoms with Crippen LogP contribution >= 0.6 is 0 Å². The SMILES string of the molecule is COc1ccc(CN2CC(C(=O)NCCOCC(=O)O)CC2=O)cc1. The van der Waals surface area contributed by atoms with Crippen molar-refractivity contribution in [2.45, 2.75) is 13.0 Å². The Labute approximate surface area is 145 Å². The van der Waals surface area contributed by atoms with E-state index in [1.807, 2.05) is 24.3 Å². The summed E-state index contributed by atoms with van der Waals surface area (Å²) in [4.78, 5) is 36.2.